The van der Waals surface area contributed by atoms with Crippen LogP contribution in [0.25, 0.3) is 30.9 Å². The minimum absolute atomic E-state index is 0.348. The van der Waals surface area contributed by atoms with Crippen LogP contribution in [0.3, 0.4) is 0 Å². The van der Waals surface area contributed by atoms with Gasteiger partial charge in [-0.3, -0.25) is 0 Å². The summed E-state index contributed by atoms with van der Waals surface area (Å²) in [5.74, 6) is 0. The van der Waals surface area contributed by atoms with Crippen molar-refractivity contribution in [1.29, 1.82) is 0 Å². The molecule has 138 valence electrons. The van der Waals surface area contributed by atoms with E-state index in [4.69, 9.17) is 16.3 Å². The second-order valence-corrected chi connectivity index (χ2v) is 9.43. The molecule has 3 aromatic carbocycles. The highest BCUT2D eigenvalue weighted by molar-refractivity contribution is 7.26. The van der Waals surface area contributed by atoms with E-state index in [0.29, 0.717) is 7.48 Å². The second-order valence-electron chi connectivity index (χ2n) is 8.00. The van der Waals surface area contributed by atoms with Gasteiger partial charge in [0.2, 0.25) is 0 Å². The van der Waals surface area contributed by atoms with E-state index in [9.17, 15) is 5.11 Å². The van der Waals surface area contributed by atoms with E-state index in [2.05, 4.69) is 42.5 Å². The highest BCUT2D eigenvalue weighted by Gasteiger charge is 2.36. The van der Waals surface area contributed by atoms with Crippen molar-refractivity contribution in [2.45, 2.75) is 38.9 Å². The lowest BCUT2D eigenvalue weighted by Crippen LogP contribution is -2.49. The minimum atomic E-state index is -0.961. The third-order valence-corrected chi connectivity index (χ3v) is 7.35. The van der Waals surface area contributed by atoms with E-state index in [1.807, 2.05) is 19.9 Å². The summed E-state index contributed by atoms with van der Waals surface area (Å²) in [5.41, 5.74) is -0.688. The van der Waals surface area contributed by atoms with Crippen molar-refractivity contribution in [3.05, 3.63) is 53.6 Å². The first-order valence-electron chi connectivity index (χ1n) is 9.07. The Morgan fingerprint density at radius 3 is 2.19 bits per heavy atom. The highest BCUT2D eigenvalue weighted by Crippen LogP contribution is 2.41. The fourth-order valence-corrected chi connectivity index (χ4v) is 4.81. The third-order valence-electron chi connectivity index (χ3n) is 5.63. The zero-order valence-electron chi connectivity index (χ0n) is 16.0. The number of thiophene rings is 1. The van der Waals surface area contributed by atoms with Gasteiger partial charge in [0.15, 0.2) is 0 Å². The first kappa shape index (κ1) is 18.8. The molecule has 0 aliphatic heterocycles. The molecule has 4 aromatic rings. The Bertz CT molecular complexity index is 1160. The average molecular weight is 397 g/mol. The molecule has 1 aromatic heterocycles. The van der Waals surface area contributed by atoms with Gasteiger partial charge in [-0.1, -0.05) is 54.1 Å². The Labute approximate surface area is 169 Å². The molecular formula is C22H22BClO2S. The van der Waals surface area contributed by atoms with Crippen LogP contribution in [0.5, 0.6) is 0 Å². The van der Waals surface area contributed by atoms with E-state index >= 15 is 0 Å². The molecule has 0 spiro atoms. The summed E-state index contributed by atoms with van der Waals surface area (Å²) in [6, 6.07) is 16.8. The van der Waals surface area contributed by atoms with Crippen LogP contribution in [0.1, 0.15) is 27.7 Å². The molecule has 0 unspecified atom stereocenters. The number of fused-ring (bicyclic) bond motifs is 5. The predicted molar refractivity (Wildman–Crippen MR) is 120 cm³/mol. The second kappa shape index (κ2) is 6.49. The van der Waals surface area contributed by atoms with E-state index in [0.717, 1.165) is 20.6 Å². The molecule has 0 aliphatic rings. The number of aliphatic hydroxyl groups is 1. The van der Waals surface area contributed by atoms with E-state index in [1.165, 1.54) is 20.9 Å². The van der Waals surface area contributed by atoms with Crippen molar-refractivity contribution >= 4 is 66.8 Å². The predicted octanol–water partition coefficient (Wildman–Crippen LogP) is 5.40. The van der Waals surface area contributed by atoms with Crippen LogP contribution in [0.4, 0.5) is 0 Å². The Balaban J connectivity index is 1.95. The van der Waals surface area contributed by atoms with Crippen LogP contribution in [-0.4, -0.2) is 23.8 Å². The molecule has 1 N–H and O–H groups in total. The van der Waals surface area contributed by atoms with Gasteiger partial charge in [-0.05, 0) is 50.0 Å². The number of halogens is 1. The van der Waals surface area contributed by atoms with Crippen LogP contribution < -0.4 is 5.46 Å². The van der Waals surface area contributed by atoms with E-state index < -0.39 is 11.2 Å². The standard InChI is InChI=1S/C22H22BClO2S/c1-21(2,25)22(3,4)26-23-18-14-10-6-5-9-13(14)17-15-11-7-8-12-16(15)27-20(17)19(18)24/h5-12,23,25H,1-4H3. The molecule has 0 aliphatic carbocycles. The SMILES string of the molecule is CC(C)(O)C(C)(C)OBc1c(Cl)c2sc3ccccc3c2c2ccccc12. The fourth-order valence-electron chi connectivity index (χ4n) is 3.26. The van der Waals surface area contributed by atoms with Gasteiger partial charge in [-0.2, -0.15) is 0 Å². The largest absolute Gasteiger partial charge is 0.427 e. The Morgan fingerprint density at radius 1 is 0.926 bits per heavy atom. The maximum absolute atomic E-state index is 10.4. The minimum Gasteiger partial charge on any atom is -0.427 e. The zero-order valence-corrected chi connectivity index (χ0v) is 17.5. The van der Waals surface area contributed by atoms with E-state index in [1.54, 1.807) is 25.2 Å². The quantitative estimate of drug-likeness (QED) is 0.468. The molecule has 0 saturated heterocycles. The van der Waals surface area contributed by atoms with Gasteiger partial charge in [0.05, 0.1) is 20.9 Å². The van der Waals surface area contributed by atoms with Gasteiger partial charge in [0.25, 0.3) is 0 Å². The fraction of sp³-hybridized carbons (Fsp3) is 0.273. The summed E-state index contributed by atoms with van der Waals surface area (Å²) >= 11 is 8.62. The van der Waals surface area contributed by atoms with E-state index in [-0.39, 0.29) is 0 Å². The first-order chi connectivity index (χ1) is 12.7. The lowest BCUT2D eigenvalue weighted by atomic mass is 9.79. The van der Waals surface area contributed by atoms with Crippen molar-refractivity contribution in [3.8, 4) is 0 Å². The number of rotatable bonds is 4. The third kappa shape index (κ3) is 3.05. The maximum Gasteiger partial charge on any atom is 0.311 e. The van der Waals surface area contributed by atoms with Crippen LogP contribution >= 0.6 is 22.9 Å². The lowest BCUT2D eigenvalue weighted by Gasteiger charge is -2.37. The number of hydrogen-bond donors (Lipinski definition) is 1. The topological polar surface area (TPSA) is 29.5 Å². The molecule has 5 heteroatoms. The molecule has 1 heterocycles. The molecule has 0 fully saturated rings. The molecular weight excluding hydrogens is 375 g/mol. The zero-order chi connectivity index (χ0) is 19.4. The van der Waals surface area contributed by atoms with Gasteiger partial charge in [-0.25, -0.2) is 0 Å². The molecule has 2 nitrogen and oxygen atoms in total. The van der Waals surface area contributed by atoms with Gasteiger partial charge in [0.1, 0.15) is 0 Å². The molecule has 27 heavy (non-hydrogen) atoms. The summed E-state index contributed by atoms with van der Waals surface area (Å²) in [4.78, 5) is 0. The van der Waals surface area contributed by atoms with Crippen molar-refractivity contribution < 1.29 is 9.76 Å². The average Bonchev–Trinajstić information content (AvgIpc) is 3.01. The Hall–Kier alpha value is -1.59. The smallest absolute Gasteiger partial charge is 0.311 e. The summed E-state index contributed by atoms with van der Waals surface area (Å²) < 4.78 is 8.49. The molecule has 0 radical (unpaired) electrons. The molecule has 0 saturated carbocycles. The van der Waals surface area contributed by atoms with Crippen LogP contribution in [0, 0.1) is 0 Å². The molecule has 0 atom stereocenters. The normalized spacial score (nSPS) is 13.0. The Kier molecular flexibility index (Phi) is 4.51. The number of hydrogen-bond acceptors (Lipinski definition) is 3. The van der Waals surface area contributed by atoms with Gasteiger partial charge >= 0.3 is 7.48 Å². The summed E-state index contributed by atoms with van der Waals surface area (Å²) in [6.07, 6.45) is 0. The van der Waals surface area contributed by atoms with Gasteiger partial charge in [0, 0.05) is 15.5 Å². The van der Waals surface area contributed by atoms with Crippen molar-refractivity contribution in [2.75, 3.05) is 0 Å². The van der Waals surface area contributed by atoms with Gasteiger partial charge < -0.3 is 9.76 Å². The highest BCUT2D eigenvalue weighted by atomic mass is 35.5. The number of benzene rings is 3. The van der Waals surface area contributed by atoms with Gasteiger partial charge in [-0.15, -0.1) is 11.3 Å². The molecule has 0 amide bonds. The van der Waals surface area contributed by atoms with Crippen LogP contribution in [0.15, 0.2) is 48.5 Å². The van der Waals surface area contributed by atoms with Crippen molar-refractivity contribution in [1.82, 2.24) is 0 Å². The van der Waals surface area contributed by atoms with Crippen LogP contribution in [0.2, 0.25) is 5.02 Å². The van der Waals surface area contributed by atoms with Crippen molar-refractivity contribution in [2.24, 2.45) is 0 Å². The molecule has 4 rings (SSSR count). The van der Waals surface area contributed by atoms with Crippen molar-refractivity contribution in [3.63, 3.8) is 0 Å². The van der Waals surface area contributed by atoms with Crippen LogP contribution in [-0.2, 0) is 4.65 Å². The lowest BCUT2D eigenvalue weighted by molar-refractivity contribution is -0.0893. The Morgan fingerprint density at radius 2 is 1.52 bits per heavy atom. The first-order valence-corrected chi connectivity index (χ1v) is 10.3. The maximum atomic E-state index is 10.4. The summed E-state index contributed by atoms with van der Waals surface area (Å²) in [5, 5.41) is 15.9. The summed E-state index contributed by atoms with van der Waals surface area (Å²) in [7, 11) is 0.348. The molecule has 0 bridgehead atoms. The summed E-state index contributed by atoms with van der Waals surface area (Å²) in [6.45, 7) is 7.34. The monoisotopic (exact) mass is 396 g/mol.